The number of benzene rings is 2. The molecule has 34 heavy (non-hydrogen) atoms. The molecule has 9 heteroatoms. The van der Waals surface area contributed by atoms with Crippen LogP contribution in [0.15, 0.2) is 60.7 Å². The molecular formula is C25H22ClNO4S3. The summed E-state index contributed by atoms with van der Waals surface area (Å²) in [6.07, 6.45) is 1.37. The fourth-order valence-electron chi connectivity index (χ4n) is 3.84. The lowest BCUT2D eigenvalue weighted by Gasteiger charge is -2.19. The molecule has 2 aromatic heterocycles. The van der Waals surface area contributed by atoms with Crippen LogP contribution >= 0.6 is 34.3 Å². The van der Waals surface area contributed by atoms with Crippen LogP contribution in [0.5, 0.6) is 0 Å². The number of thiophene rings is 2. The SMILES string of the molecule is CCOC(=O)c1ccc(-c2cccc3cc([C@H](NS(=O)(=O)C4CC4)c4ccccc4Cl)sc23)s1. The average Bonchev–Trinajstić information content (AvgIpc) is 3.42. The van der Waals surface area contributed by atoms with Gasteiger partial charge in [0.1, 0.15) is 4.88 Å². The van der Waals surface area contributed by atoms with Crippen LogP contribution in [0.3, 0.4) is 0 Å². The molecule has 4 aromatic rings. The summed E-state index contributed by atoms with van der Waals surface area (Å²) in [6, 6.07) is 18.5. The number of rotatable bonds is 8. The molecule has 1 atom stereocenters. The summed E-state index contributed by atoms with van der Waals surface area (Å²) < 4.78 is 34.9. The molecule has 176 valence electrons. The van der Waals surface area contributed by atoms with E-state index in [4.69, 9.17) is 16.3 Å². The van der Waals surface area contributed by atoms with Crippen LogP contribution in [0.2, 0.25) is 5.02 Å². The Morgan fingerprint density at radius 2 is 1.91 bits per heavy atom. The third-order valence-electron chi connectivity index (χ3n) is 5.66. The number of fused-ring (bicyclic) bond motifs is 1. The van der Waals surface area contributed by atoms with Gasteiger partial charge < -0.3 is 4.74 Å². The molecule has 0 aliphatic heterocycles. The third-order valence-corrected chi connectivity index (χ3v) is 10.3. The highest BCUT2D eigenvalue weighted by Gasteiger charge is 2.38. The molecule has 2 heterocycles. The number of sulfonamides is 1. The summed E-state index contributed by atoms with van der Waals surface area (Å²) in [5.74, 6) is -0.328. The smallest absolute Gasteiger partial charge is 0.348 e. The van der Waals surface area contributed by atoms with Gasteiger partial charge in [0.25, 0.3) is 0 Å². The molecule has 0 unspecified atom stereocenters. The lowest BCUT2D eigenvalue weighted by Crippen LogP contribution is -2.31. The first-order valence-corrected chi connectivity index (χ1v) is 14.5. The van der Waals surface area contributed by atoms with E-state index in [1.165, 1.54) is 22.7 Å². The largest absolute Gasteiger partial charge is 0.462 e. The molecule has 1 fully saturated rings. The van der Waals surface area contributed by atoms with E-state index in [2.05, 4.69) is 4.72 Å². The molecule has 1 N–H and O–H groups in total. The van der Waals surface area contributed by atoms with Crippen molar-refractivity contribution in [3.05, 3.63) is 81.0 Å². The molecule has 1 aliphatic rings. The van der Waals surface area contributed by atoms with Crippen LogP contribution in [0.4, 0.5) is 0 Å². The van der Waals surface area contributed by atoms with Gasteiger partial charge in [0, 0.05) is 25.0 Å². The van der Waals surface area contributed by atoms with E-state index in [0.29, 0.717) is 29.3 Å². The van der Waals surface area contributed by atoms with Gasteiger partial charge in [-0.05, 0) is 55.0 Å². The monoisotopic (exact) mass is 531 g/mol. The fraction of sp³-hybridized carbons (Fsp3) is 0.240. The highest BCUT2D eigenvalue weighted by Crippen LogP contribution is 2.42. The molecule has 1 aliphatic carbocycles. The molecule has 5 nitrogen and oxygen atoms in total. The van der Waals surface area contributed by atoms with Crippen molar-refractivity contribution in [2.45, 2.75) is 31.1 Å². The number of hydrogen-bond acceptors (Lipinski definition) is 6. The second-order valence-corrected chi connectivity index (χ2v) is 12.6. The van der Waals surface area contributed by atoms with Crippen LogP contribution in [-0.4, -0.2) is 26.2 Å². The van der Waals surface area contributed by atoms with E-state index in [-0.39, 0.29) is 11.2 Å². The number of ether oxygens (including phenoxy) is 1. The van der Waals surface area contributed by atoms with Gasteiger partial charge in [-0.15, -0.1) is 22.7 Å². The highest BCUT2D eigenvalue weighted by molar-refractivity contribution is 7.90. The van der Waals surface area contributed by atoms with Crippen molar-refractivity contribution in [1.82, 2.24) is 4.72 Å². The number of halogens is 1. The molecule has 5 rings (SSSR count). The van der Waals surface area contributed by atoms with Gasteiger partial charge >= 0.3 is 5.97 Å². The van der Waals surface area contributed by atoms with Crippen molar-refractivity contribution in [2.75, 3.05) is 6.61 Å². The lowest BCUT2D eigenvalue weighted by molar-refractivity contribution is 0.0532. The maximum absolute atomic E-state index is 12.9. The standard InChI is InChI=1S/C25H22ClNO4S3/c1-2-31-25(28)21-13-12-20(32-21)18-8-5-6-15-14-22(33-24(15)18)23(17-7-3-4-9-19(17)26)27-34(29,30)16-10-11-16/h3-9,12-14,16,23,27H,2,10-11H2,1H3/t23-/m1/s1. The Balaban J connectivity index is 1.58. The molecule has 0 radical (unpaired) electrons. The highest BCUT2D eigenvalue weighted by atomic mass is 35.5. The summed E-state index contributed by atoms with van der Waals surface area (Å²) in [5, 5.41) is 1.18. The Morgan fingerprint density at radius 1 is 1.12 bits per heavy atom. The summed E-state index contributed by atoms with van der Waals surface area (Å²) in [6.45, 7) is 2.11. The normalized spacial score (nSPS) is 14.9. The first kappa shape index (κ1) is 23.5. The summed E-state index contributed by atoms with van der Waals surface area (Å²) in [5.41, 5.74) is 1.72. The van der Waals surface area contributed by atoms with Gasteiger partial charge in [-0.3, -0.25) is 0 Å². The summed E-state index contributed by atoms with van der Waals surface area (Å²) >= 11 is 9.43. The Morgan fingerprint density at radius 3 is 2.65 bits per heavy atom. The van der Waals surface area contributed by atoms with E-state index in [1.807, 2.05) is 48.5 Å². The van der Waals surface area contributed by atoms with Crippen LogP contribution in [0.25, 0.3) is 20.5 Å². The number of carbonyl (C=O) groups excluding carboxylic acids is 1. The number of carbonyl (C=O) groups is 1. The van der Waals surface area contributed by atoms with Crippen molar-refractivity contribution in [2.24, 2.45) is 0 Å². The van der Waals surface area contributed by atoms with E-state index >= 15 is 0 Å². The molecule has 0 saturated heterocycles. The molecule has 0 bridgehead atoms. The van der Waals surface area contributed by atoms with E-state index in [0.717, 1.165) is 31.0 Å². The second-order valence-electron chi connectivity index (χ2n) is 8.07. The predicted octanol–water partition coefficient (Wildman–Crippen LogP) is 6.63. The minimum Gasteiger partial charge on any atom is -0.462 e. The van der Waals surface area contributed by atoms with Crippen molar-refractivity contribution in [1.29, 1.82) is 0 Å². The van der Waals surface area contributed by atoms with Gasteiger partial charge in [0.15, 0.2) is 0 Å². The zero-order valence-electron chi connectivity index (χ0n) is 18.3. The van der Waals surface area contributed by atoms with Gasteiger partial charge in [-0.25, -0.2) is 17.9 Å². The van der Waals surface area contributed by atoms with Crippen LogP contribution in [0.1, 0.15) is 45.9 Å². The number of nitrogens with one attached hydrogen (secondary N) is 1. The van der Waals surface area contributed by atoms with Gasteiger partial charge in [-0.2, -0.15) is 0 Å². The fourth-order valence-corrected chi connectivity index (χ4v) is 7.94. The summed E-state index contributed by atoms with van der Waals surface area (Å²) in [7, 11) is -3.46. The maximum atomic E-state index is 12.9. The minimum atomic E-state index is -3.46. The number of esters is 1. The van der Waals surface area contributed by atoms with Crippen molar-refractivity contribution in [3.8, 4) is 10.4 Å². The first-order valence-electron chi connectivity index (χ1n) is 10.9. The van der Waals surface area contributed by atoms with Gasteiger partial charge in [0.2, 0.25) is 10.0 Å². The molecule has 1 saturated carbocycles. The topological polar surface area (TPSA) is 72.5 Å². The Bertz CT molecular complexity index is 1470. The van der Waals surface area contributed by atoms with Crippen LogP contribution in [-0.2, 0) is 14.8 Å². The second kappa shape index (κ2) is 9.43. The van der Waals surface area contributed by atoms with E-state index < -0.39 is 16.1 Å². The van der Waals surface area contributed by atoms with Crippen LogP contribution in [0, 0.1) is 0 Å². The Hall–Kier alpha value is -2.23. The zero-order chi connectivity index (χ0) is 23.9. The predicted molar refractivity (Wildman–Crippen MR) is 139 cm³/mol. The van der Waals surface area contributed by atoms with Gasteiger partial charge in [-0.1, -0.05) is 48.0 Å². The van der Waals surface area contributed by atoms with E-state index in [9.17, 15) is 13.2 Å². The maximum Gasteiger partial charge on any atom is 0.348 e. The molecule has 0 spiro atoms. The average molecular weight is 532 g/mol. The molecular weight excluding hydrogens is 510 g/mol. The van der Waals surface area contributed by atoms with Crippen molar-refractivity contribution < 1.29 is 17.9 Å². The Labute approximate surface area is 211 Å². The van der Waals surface area contributed by atoms with Crippen molar-refractivity contribution >= 4 is 60.4 Å². The number of hydrogen-bond donors (Lipinski definition) is 1. The summed E-state index contributed by atoms with van der Waals surface area (Å²) in [4.78, 5) is 14.5. The minimum absolute atomic E-state index is 0.328. The Kier molecular flexibility index (Phi) is 6.52. The molecule has 2 aromatic carbocycles. The first-order chi connectivity index (χ1) is 16.4. The molecule has 0 amide bonds. The van der Waals surface area contributed by atoms with E-state index in [1.54, 1.807) is 19.1 Å². The zero-order valence-corrected chi connectivity index (χ0v) is 21.5. The lowest BCUT2D eigenvalue weighted by atomic mass is 10.1. The third kappa shape index (κ3) is 4.65. The quantitative estimate of drug-likeness (QED) is 0.259. The van der Waals surface area contributed by atoms with Gasteiger partial charge in [0.05, 0.1) is 17.9 Å². The van der Waals surface area contributed by atoms with Crippen LogP contribution < -0.4 is 4.72 Å². The van der Waals surface area contributed by atoms with Crippen molar-refractivity contribution in [3.63, 3.8) is 0 Å².